The summed E-state index contributed by atoms with van der Waals surface area (Å²) in [5.41, 5.74) is 1.17. The third-order valence-corrected chi connectivity index (χ3v) is 2.70. The third-order valence-electron chi connectivity index (χ3n) is 2.70. The normalized spacial score (nSPS) is 10.4. The van der Waals surface area contributed by atoms with Crippen molar-refractivity contribution in [1.82, 2.24) is 9.88 Å². The number of aryl methyl sites for hydroxylation is 1. The van der Waals surface area contributed by atoms with E-state index in [1.165, 1.54) is 4.90 Å². The first-order chi connectivity index (χ1) is 8.97. The van der Waals surface area contributed by atoms with Gasteiger partial charge in [-0.3, -0.25) is 14.6 Å². The Kier molecular flexibility index (Phi) is 5.48. The zero-order valence-corrected chi connectivity index (χ0v) is 11.8. The molecule has 19 heavy (non-hydrogen) atoms. The molecule has 0 spiro atoms. The zero-order chi connectivity index (χ0) is 14.4. The summed E-state index contributed by atoms with van der Waals surface area (Å²) in [5, 5.41) is 0. The molecule has 0 radical (unpaired) electrons. The maximum Gasteiger partial charge on any atom is 0.325 e. The van der Waals surface area contributed by atoms with Gasteiger partial charge in [-0.25, -0.2) is 0 Å². The van der Waals surface area contributed by atoms with Crippen molar-refractivity contribution in [2.75, 3.05) is 13.2 Å². The Labute approximate surface area is 113 Å². The van der Waals surface area contributed by atoms with Gasteiger partial charge in [0.15, 0.2) is 0 Å². The molecule has 5 heteroatoms. The molecule has 0 atom stereocenters. The first-order valence-corrected chi connectivity index (χ1v) is 6.35. The van der Waals surface area contributed by atoms with Gasteiger partial charge in [-0.15, -0.1) is 0 Å². The van der Waals surface area contributed by atoms with Crippen molar-refractivity contribution in [1.29, 1.82) is 0 Å². The average Bonchev–Trinajstić information content (AvgIpc) is 2.36. The molecule has 0 bridgehead atoms. The summed E-state index contributed by atoms with van der Waals surface area (Å²) in [6, 6.07) is 3.50. The second-order valence-corrected chi connectivity index (χ2v) is 4.50. The summed E-state index contributed by atoms with van der Waals surface area (Å²) in [4.78, 5) is 29.5. The van der Waals surface area contributed by atoms with Gasteiger partial charge in [-0.2, -0.15) is 0 Å². The molecule has 0 saturated carbocycles. The fourth-order valence-corrected chi connectivity index (χ4v) is 1.68. The summed E-state index contributed by atoms with van der Waals surface area (Å²) >= 11 is 0. The van der Waals surface area contributed by atoms with E-state index in [4.69, 9.17) is 4.74 Å². The van der Waals surface area contributed by atoms with Gasteiger partial charge in [0, 0.05) is 12.2 Å². The Morgan fingerprint density at radius 2 is 2.11 bits per heavy atom. The highest BCUT2D eigenvalue weighted by atomic mass is 16.5. The first-order valence-electron chi connectivity index (χ1n) is 6.35. The first kappa shape index (κ1) is 15.1. The highest BCUT2D eigenvalue weighted by Crippen LogP contribution is 2.10. The molecule has 0 fully saturated rings. The molecule has 1 heterocycles. The minimum atomic E-state index is -0.405. The number of ether oxygens (including phenoxy) is 1. The maximum atomic E-state index is 12.4. The largest absolute Gasteiger partial charge is 0.465 e. The van der Waals surface area contributed by atoms with Crippen LogP contribution in [0.25, 0.3) is 0 Å². The summed E-state index contributed by atoms with van der Waals surface area (Å²) in [6.45, 7) is 7.53. The van der Waals surface area contributed by atoms with Crippen molar-refractivity contribution in [3.8, 4) is 0 Å². The van der Waals surface area contributed by atoms with Crippen molar-refractivity contribution < 1.29 is 14.3 Å². The molecule has 1 aromatic heterocycles. The number of hydrogen-bond donors (Lipinski definition) is 0. The highest BCUT2D eigenvalue weighted by Gasteiger charge is 2.24. The van der Waals surface area contributed by atoms with Crippen LogP contribution in [0.2, 0.25) is 0 Å². The van der Waals surface area contributed by atoms with Crippen molar-refractivity contribution in [3.05, 3.63) is 29.6 Å². The van der Waals surface area contributed by atoms with Crippen molar-refractivity contribution >= 4 is 11.9 Å². The lowest BCUT2D eigenvalue weighted by molar-refractivity contribution is -0.144. The van der Waals surface area contributed by atoms with Gasteiger partial charge in [-0.05, 0) is 39.3 Å². The van der Waals surface area contributed by atoms with Crippen LogP contribution in [-0.2, 0) is 9.53 Å². The van der Waals surface area contributed by atoms with Gasteiger partial charge in [0.05, 0.1) is 6.61 Å². The molecule has 0 saturated heterocycles. The fourth-order valence-electron chi connectivity index (χ4n) is 1.68. The molecular weight excluding hydrogens is 244 g/mol. The molecule has 0 aromatic carbocycles. The smallest absolute Gasteiger partial charge is 0.325 e. The van der Waals surface area contributed by atoms with Gasteiger partial charge < -0.3 is 9.64 Å². The lowest BCUT2D eigenvalue weighted by Crippen LogP contribution is -2.41. The molecule has 1 rings (SSSR count). The molecule has 0 aliphatic rings. The van der Waals surface area contributed by atoms with Crippen LogP contribution in [0.5, 0.6) is 0 Å². The van der Waals surface area contributed by atoms with E-state index in [1.807, 2.05) is 26.8 Å². The van der Waals surface area contributed by atoms with Crippen LogP contribution in [-0.4, -0.2) is 41.0 Å². The summed E-state index contributed by atoms with van der Waals surface area (Å²) in [5.74, 6) is -0.653. The van der Waals surface area contributed by atoms with Gasteiger partial charge in [0.1, 0.15) is 12.2 Å². The Morgan fingerprint density at radius 1 is 1.42 bits per heavy atom. The topological polar surface area (TPSA) is 59.5 Å². The monoisotopic (exact) mass is 264 g/mol. The van der Waals surface area contributed by atoms with Crippen molar-refractivity contribution in [2.45, 2.75) is 33.7 Å². The van der Waals surface area contributed by atoms with Gasteiger partial charge in [-0.1, -0.05) is 6.07 Å². The van der Waals surface area contributed by atoms with Gasteiger partial charge in [0.2, 0.25) is 0 Å². The second-order valence-electron chi connectivity index (χ2n) is 4.50. The Balaban J connectivity index is 2.91. The number of amides is 1. The van der Waals surface area contributed by atoms with E-state index in [1.54, 1.807) is 19.2 Å². The summed E-state index contributed by atoms with van der Waals surface area (Å²) < 4.78 is 4.89. The van der Waals surface area contributed by atoms with Crippen molar-refractivity contribution in [2.24, 2.45) is 0 Å². The number of carbonyl (C=O) groups is 2. The molecule has 0 aliphatic carbocycles. The fraction of sp³-hybridized carbons (Fsp3) is 0.500. The Bertz CT molecular complexity index is 458. The molecular formula is C14H20N2O3. The predicted octanol–water partition coefficient (Wildman–Crippen LogP) is 1.80. The van der Waals surface area contributed by atoms with Crippen LogP contribution in [0.15, 0.2) is 18.3 Å². The lowest BCUT2D eigenvalue weighted by atomic mass is 10.2. The molecule has 1 amide bonds. The van der Waals surface area contributed by atoms with Crippen molar-refractivity contribution in [3.63, 3.8) is 0 Å². The third kappa shape index (κ3) is 4.05. The van der Waals surface area contributed by atoms with E-state index in [9.17, 15) is 9.59 Å². The number of nitrogens with zero attached hydrogens (tertiary/aromatic N) is 2. The molecule has 0 aliphatic heterocycles. The van der Waals surface area contributed by atoms with E-state index < -0.39 is 5.97 Å². The molecule has 0 unspecified atom stereocenters. The number of pyridine rings is 1. The minimum Gasteiger partial charge on any atom is -0.465 e. The SMILES string of the molecule is CCOC(=O)CN(C(=O)c1ncccc1C)C(C)C. The Hall–Kier alpha value is -1.91. The minimum absolute atomic E-state index is 0.0552. The van der Waals surface area contributed by atoms with E-state index >= 15 is 0 Å². The number of aromatic nitrogens is 1. The van der Waals surface area contributed by atoms with Crippen LogP contribution in [0.1, 0.15) is 36.8 Å². The van der Waals surface area contributed by atoms with E-state index in [2.05, 4.69) is 4.98 Å². The highest BCUT2D eigenvalue weighted by molar-refractivity contribution is 5.95. The standard InChI is InChI=1S/C14H20N2O3/c1-5-19-12(17)9-16(10(2)3)14(18)13-11(4)7-6-8-15-13/h6-8,10H,5,9H2,1-4H3. The maximum absolute atomic E-state index is 12.4. The number of esters is 1. The van der Waals surface area contributed by atoms with E-state index in [0.29, 0.717) is 12.3 Å². The Morgan fingerprint density at radius 3 is 2.63 bits per heavy atom. The second kappa shape index (κ2) is 6.87. The number of hydrogen-bond acceptors (Lipinski definition) is 4. The quantitative estimate of drug-likeness (QED) is 0.761. The van der Waals surface area contributed by atoms with Crippen LogP contribution < -0.4 is 0 Å². The molecule has 104 valence electrons. The van der Waals surface area contributed by atoms with Crippen LogP contribution in [0.3, 0.4) is 0 Å². The summed E-state index contributed by atoms with van der Waals surface area (Å²) in [6.07, 6.45) is 1.57. The number of carbonyl (C=O) groups excluding carboxylic acids is 2. The van der Waals surface area contributed by atoms with Gasteiger partial charge in [0.25, 0.3) is 5.91 Å². The zero-order valence-electron chi connectivity index (χ0n) is 11.8. The van der Waals surface area contributed by atoms with E-state index in [0.717, 1.165) is 5.56 Å². The average molecular weight is 264 g/mol. The van der Waals surface area contributed by atoms with Crippen LogP contribution in [0, 0.1) is 6.92 Å². The van der Waals surface area contributed by atoms with E-state index in [-0.39, 0.29) is 18.5 Å². The summed E-state index contributed by atoms with van der Waals surface area (Å²) in [7, 11) is 0. The van der Waals surface area contributed by atoms with Gasteiger partial charge >= 0.3 is 5.97 Å². The van der Waals surface area contributed by atoms with Crippen LogP contribution in [0.4, 0.5) is 0 Å². The number of rotatable bonds is 5. The van der Waals surface area contributed by atoms with Crippen LogP contribution >= 0.6 is 0 Å². The molecule has 5 nitrogen and oxygen atoms in total. The predicted molar refractivity (Wildman–Crippen MR) is 71.8 cm³/mol. The molecule has 0 N–H and O–H groups in total. The lowest BCUT2D eigenvalue weighted by Gasteiger charge is -2.25. The molecule has 1 aromatic rings.